The van der Waals surface area contributed by atoms with Gasteiger partial charge in [0.1, 0.15) is 0 Å². The van der Waals surface area contributed by atoms with Crippen LogP contribution in [0.3, 0.4) is 0 Å². The zero-order chi connectivity index (χ0) is 13.5. The second-order valence-corrected chi connectivity index (χ2v) is 9.31. The van der Waals surface area contributed by atoms with E-state index in [1.54, 1.807) is 0 Å². The maximum Gasteiger partial charge on any atom is 0.0160 e. The number of fused-ring (bicyclic) bond motifs is 1. The molecule has 1 aliphatic heterocycles. The van der Waals surface area contributed by atoms with Crippen molar-refractivity contribution in [1.29, 1.82) is 0 Å². The van der Waals surface area contributed by atoms with E-state index in [0.717, 1.165) is 11.8 Å². The fourth-order valence-corrected chi connectivity index (χ4v) is 6.38. The van der Waals surface area contributed by atoms with Crippen LogP contribution in [0.15, 0.2) is 11.6 Å². The van der Waals surface area contributed by atoms with Crippen molar-refractivity contribution in [2.24, 2.45) is 17.3 Å². The lowest BCUT2D eigenvalue weighted by Gasteiger charge is -2.52. The highest BCUT2D eigenvalue weighted by Crippen LogP contribution is 2.57. The summed E-state index contributed by atoms with van der Waals surface area (Å²) < 4.78 is 0.587. The summed E-state index contributed by atoms with van der Waals surface area (Å²) in [5.41, 5.74) is 2.34. The quantitative estimate of drug-likeness (QED) is 0.544. The Morgan fingerprint density at radius 1 is 1.21 bits per heavy atom. The molecule has 0 bridgehead atoms. The standard InChI is InChI=1S/C18H30S/c1-14-7-6-8-15-9-10-16(13-17(14,15)2)18(3)11-4-5-12-19-18/h8,14,16H,4-7,9-13H2,1-3H3/t14-,16-,17+,18?/m1/s1. The highest BCUT2D eigenvalue weighted by atomic mass is 32.2. The first kappa shape index (κ1) is 14.0. The van der Waals surface area contributed by atoms with Gasteiger partial charge in [0, 0.05) is 4.75 Å². The van der Waals surface area contributed by atoms with Crippen LogP contribution < -0.4 is 0 Å². The summed E-state index contributed by atoms with van der Waals surface area (Å²) in [5, 5.41) is 0. The van der Waals surface area contributed by atoms with Gasteiger partial charge in [0.05, 0.1) is 0 Å². The van der Waals surface area contributed by atoms with Gasteiger partial charge in [-0.2, -0.15) is 11.8 Å². The number of hydrogen-bond acceptors (Lipinski definition) is 1. The zero-order valence-corrected chi connectivity index (χ0v) is 13.8. The molecular weight excluding hydrogens is 248 g/mol. The van der Waals surface area contributed by atoms with Gasteiger partial charge < -0.3 is 0 Å². The highest BCUT2D eigenvalue weighted by molar-refractivity contribution is 8.00. The van der Waals surface area contributed by atoms with E-state index in [1.165, 1.54) is 57.1 Å². The lowest BCUT2D eigenvalue weighted by molar-refractivity contribution is 0.117. The van der Waals surface area contributed by atoms with E-state index in [0.29, 0.717) is 10.2 Å². The van der Waals surface area contributed by atoms with Crippen LogP contribution in [-0.2, 0) is 0 Å². The van der Waals surface area contributed by atoms with Crippen molar-refractivity contribution in [3.05, 3.63) is 11.6 Å². The van der Waals surface area contributed by atoms with Crippen LogP contribution in [-0.4, -0.2) is 10.5 Å². The van der Waals surface area contributed by atoms with Crippen LogP contribution in [0, 0.1) is 17.3 Å². The molecule has 0 spiro atoms. The molecule has 0 radical (unpaired) electrons. The minimum absolute atomic E-state index is 0.530. The van der Waals surface area contributed by atoms with Gasteiger partial charge in [-0.25, -0.2) is 0 Å². The summed E-state index contributed by atoms with van der Waals surface area (Å²) in [6, 6.07) is 0. The first-order valence-electron chi connectivity index (χ1n) is 8.38. The molecule has 108 valence electrons. The second-order valence-electron chi connectivity index (χ2n) is 7.68. The third-order valence-electron chi connectivity index (χ3n) is 6.61. The fourth-order valence-electron chi connectivity index (χ4n) is 4.84. The van der Waals surface area contributed by atoms with Crippen LogP contribution in [0.2, 0.25) is 0 Å². The first-order valence-corrected chi connectivity index (χ1v) is 9.37. The molecule has 1 heteroatoms. The molecule has 0 aromatic rings. The third kappa shape index (κ3) is 2.41. The smallest absolute Gasteiger partial charge is 0.0160 e. The van der Waals surface area contributed by atoms with Crippen molar-refractivity contribution < 1.29 is 0 Å². The van der Waals surface area contributed by atoms with Crippen molar-refractivity contribution >= 4 is 11.8 Å². The third-order valence-corrected chi connectivity index (χ3v) is 8.30. The van der Waals surface area contributed by atoms with Crippen molar-refractivity contribution in [2.75, 3.05) is 5.75 Å². The number of rotatable bonds is 1. The summed E-state index contributed by atoms with van der Waals surface area (Å²) in [6.45, 7) is 7.66. The highest BCUT2D eigenvalue weighted by Gasteiger charge is 2.47. The van der Waals surface area contributed by atoms with E-state index in [2.05, 4.69) is 38.6 Å². The Hall–Kier alpha value is 0.0900. The van der Waals surface area contributed by atoms with E-state index in [9.17, 15) is 0 Å². The molecule has 1 heterocycles. The van der Waals surface area contributed by atoms with Crippen molar-refractivity contribution in [3.63, 3.8) is 0 Å². The molecule has 19 heavy (non-hydrogen) atoms. The normalized spacial score (nSPS) is 47.4. The minimum atomic E-state index is 0.530. The molecule has 2 fully saturated rings. The molecule has 0 aromatic carbocycles. The Labute approximate surface area is 123 Å². The Kier molecular flexibility index (Phi) is 3.79. The number of thioether (sulfide) groups is 1. The van der Waals surface area contributed by atoms with Gasteiger partial charge >= 0.3 is 0 Å². The van der Waals surface area contributed by atoms with Gasteiger partial charge in [-0.15, -0.1) is 0 Å². The van der Waals surface area contributed by atoms with Gasteiger partial charge in [0.2, 0.25) is 0 Å². The molecule has 1 saturated carbocycles. The van der Waals surface area contributed by atoms with E-state index in [1.807, 2.05) is 5.57 Å². The molecule has 1 unspecified atom stereocenters. The number of hydrogen-bond donors (Lipinski definition) is 0. The lowest BCUT2D eigenvalue weighted by Crippen LogP contribution is -2.44. The predicted octanol–water partition coefficient (Wildman–Crippen LogP) is 5.82. The zero-order valence-electron chi connectivity index (χ0n) is 13.0. The van der Waals surface area contributed by atoms with E-state index in [-0.39, 0.29) is 0 Å². The van der Waals surface area contributed by atoms with Crippen LogP contribution in [0.25, 0.3) is 0 Å². The summed E-state index contributed by atoms with van der Waals surface area (Å²) in [6.07, 6.45) is 14.0. The van der Waals surface area contributed by atoms with Gasteiger partial charge in [-0.05, 0) is 67.9 Å². The Morgan fingerprint density at radius 2 is 2.05 bits per heavy atom. The number of allylic oxidation sites excluding steroid dienone is 2. The molecule has 3 aliphatic rings. The monoisotopic (exact) mass is 278 g/mol. The molecule has 2 aliphatic carbocycles. The Bertz CT molecular complexity index is 364. The summed E-state index contributed by atoms with van der Waals surface area (Å²) >= 11 is 2.29. The topological polar surface area (TPSA) is 0 Å². The van der Waals surface area contributed by atoms with E-state index < -0.39 is 0 Å². The molecule has 0 aromatic heterocycles. The maximum absolute atomic E-state index is 2.59. The fraction of sp³-hybridized carbons (Fsp3) is 0.889. The van der Waals surface area contributed by atoms with Gasteiger partial charge in [-0.3, -0.25) is 0 Å². The van der Waals surface area contributed by atoms with Crippen molar-refractivity contribution in [2.45, 2.75) is 76.9 Å². The maximum atomic E-state index is 2.59. The van der Waals surface area contributed by atoms with Crippen molar-refractivity contribution in [1.82, 2.24) is 0 Å². The lowest BCUT2D eigenvalue weighted by atomic mass is 9.56. The first-order chi connectivity index (χ1) is 9.05. The molecule has 0 amide bonds. The molecule has 1 saturated heterocycles. The average molecular weight is 279 g/mol. The van der Waals surface area contributed by atoms with Gasteiger partial charge in [0.25, 0.3) is 0 Å². The van der Waals surface area contributed by atoms with Crippen LogP contribution in [0.1, 0.15) is 72.1 Å². The summed E-state index contributed by atoms with van der Waals surface area (Å²) in [4.78, 5) is 0. The van der Waals surface area contributed by atoms with Crippen LogP contribution in [0.4, 0.5) is 0 Å². The van der Waals surface area contributed by atoms with E-state index >= 15 is 0 Å². The SMILES string of the molecule is C[C@@H]1CCC=C2CC[C@@H](C3(C)CCCCS3)C[C@]21C. The summed E-state index contributed by atoms with van der Waals surface area (Å²) in [7, 11) is 0. The van der Waals surface area contributed by atoms with Crippen LogP contribution >= 0.6 is 11.8 Å². The predicted molar refractivity (Wildman–Crippen MR) is 86.6 cm³/mol. The average Bonchev–Trinajstić information content (AvgIpc) is 2.40. The minimum Gasteiger partial charge on any atom is -0.155 e. The molecular formula is C18H30S. The van der Waals surface area contributed by atoms with Gasteiger partial charge in [0.15, 0.2) is 0 Å². The largest absolute Gasteiger partial charge is 0.155 e. The molecule has 0 N–H and O–H groups in total. The molecule has 4 atom stereocenters. The Morgan fingerprint density at radius 3 is 2.79 bits per heavy atom. The molecule has 3 rings (SSSR count). The second kappa shape index (κ2) is 5.13. The van der Waals surface area contributed by atoms with E-state index in [4.69, 9.17) is 0 Å². The summed E-state index contributed by atoms with van der Waals surface area (Å²) in [5.74, 6) is 3.26. The van der Waals surface area contributed by atoms with Gasteiger partial charge in [-0.1, -0.05) is 38.8 Å². The molecule has 0 nitrogen and oxygen atoms in total. The van der Waals surface area contributed by atoms with Crippen LogP contribution in [0.5, 0.6) is 0 Å². The van der Waals surface area contributed by atoms with Crippen molar-refractivity contribution in [3.8, 4) is 0 Å². The Balaban J connectivity index is 1.80.